The maximum absolute atomic E-state index is 10.8. The topological polar surface area (TPSA) is 122 Å². The fraction of sp³-hybridized carbons (Fsp3) is 0.700. The first kappa shape index (κ1) is 16.1. The van der Waals surface area contributed by atoms with Gasteiger partial charge in [0.2, 0.25) is 0 Å². The van der Waals surface area contributed by atoms with Gasteiger partial charge in [-0.3, -0.25) is 4.55 Å². The molecule has 6 nitrogen and oxygen atoms in total. The molecule has 0 aliphatic heterocycles. The van der Waals surface area contributed by atoms with E-state index in [1.807, 2.05) is 0 Å². The van der Waals surface area contributed by atoms with Crippen LogP contribution in [0, 0.1) is 0 Å². The minimum Gasteiger partial charge on any atom is -0.545 e. The van der Waals surface area contributed by atoms with Gasteiger partial charge in [0, 0.05) is 12.8 Å². The molecule has 7 heteroatoms. The highest BCUT2D eigenvalue weighted by Crippen LogP contribution is 2.11. The molecule has 0 radical (unpaired) electrons. The van der Waals surface area contributed by atoms with Crippen molar-refractivity contribution in [2.75, 3.05) is 5.75 Å². The quantitative estimate of drug-likeness (QED) is 0.439. The summed E-state index contributed by atoms with van der Waals surface area (Å²) in [4.78, 5) is 10.8. The first-order chi connectivity index (χ1) is 7.63. The third-order valence-electron chi connectivity index (χ3n) is 2.36. The van der Waals surface area contributed by atoms with Crippen LogP contribution in [-0.2, 0) is 14.9 Å². The summed E-state index contributed by atoms with van der Waals surface area (Å²) in [7, 11) is -3.95. The highest BCUT2D eigenvalue weighted by atomic mass is 32.2. The standard InChI is InChI=1S/C10H19NO5S/c1-7(2)9(10(12)13)6-8(11)4-3-5-17(14,15)16/h8H,3-6,11H2,1-2H3,(H,12,13)(H,14,15,16). The Morgan fingerprint density at radius 1 is 1.41 bits per heavy atom. The molecule has 0 fully saturated rings. The number of carboxylic acid groups (broad SMARTS) is 1. The second kappa shape index (κ2) is 6.73. The van der Waals surface area contributed by atoms with Crippen molar-refractivity contribution in [2.45, 2.75) is 39.2 Å². The number of carbonyl (C=O) groups excluding carboxylic acids is 1. The summed E-state index contributed by atoms with van der Waals surface area (Å²) in [5.74, 6) is -1.54. The van der Waals surface area contributed by atoms with Gasteiger partial charge in [-0.2, -0.15) is 8.42 Å². The van der Waals surface area contributed by atoms with Gasteiger partial charge in [0.15, 0.2) is 0 Å². The predicted molar refractivity (Wildman–Crippen MR) is 60.3 cm³/mol. The molecule has 0 aliphatic carbocycles. The van der Waals surface area contributed by atoms with Crippen molar-refractivity contribution in [3.63, 3.8) is 0 Å². The van der Waals surface area contributed by atoms with Crippen LogP contribution in [0.5, 0.6) is 0 Å². The molecule has 1 atom stereocenters. The summed E-state index contributed by atoms with van der Waals surface area (Å²) in [6.45, 7) is 3.35. The monoisotopic (exact) mass is 265 g/mol. The molecule has 0 heterocycles. The SMILES string of the molecule is CC(C)=C(CC([NH3+])CCCS(=O)(=O)O)C(=O)[O-]. The van der Waals surface area contributed by atoms with Crippen molar-refractivity contribution in [3.05, 3.63) is 11.1 Å². The molecule has 0 saturated heterocycles. The van der Waals surface area contributed by atoms with E-state index in [4.69, 9.17) is 4.55 Å². The molecule has 0 aromatic rings. The van der Waals surface area contributed by atoms with Gasteiger partial charge in [0.1, 0.15) is 0 Å². The summed E-state index contributed by atoms with van der Waals surface area (Å²) in [5, 5.41) is 10.8. The molecule has 0 amide bonds. The Labute approximate surface area is 101 Å². The Morgan fingerprint density at radius 3 is 2.29 bits per heavy atom. The Bertz CT molecular complexity index is 395. The normalized spacial score (nSPS) is 13.2. The summed E-state index contributed by atoms with van der Waals surface area (Å²) < 4.78 is 29.5. The van der Waals surface area contributed by atoms with Crippen LogP contribution < -0.4 is 10.8 Å². The highest BCUT2D eigenvalue weighted by Gasteiger charge is 2.13. The lowest BCUT2D eigenvalue weighted by atomic mass is 10.00. The second-order valence-electron chi connectivity index (χ2n) is 4.26. The molecule has 0 bridgehead atoms. The van der Waals surface area contributed by atoms with Crippen molar-refractivity contribution in [3.8, 4) is 0 Å². The van der Waals surface area contributed by atoms with Crippen molar-refractivity contribution >= 4 is 16.1 Å². The lowest BCUT2D eigenvalue weighted by Crippen LogP contribution is -2.61. The maximum atomic E-state index is 10.8. The third-order valence-corrected chi connectivity index (χ3v) is 3.16. The van der Waals surface area contributed by atoms with Crippen LogP contribution in [0.3, 0.4) is 0 Å². The van der Waals surface area contributed by atoms with Crippen molar-refractivity contribution in [1.29, 1.82) is 0 Å². The molecule has 0 spiro atoms. The van der Waals surface area contributed by atoms with Gasteiger partial charge in [-0.15, -0.1) is 0 Å². The smallest absolute Gasteiger partial charge is 0.264 e. The molecule has 0 rings (SSSR count). The number of aliphatic carboxylic acids is 1. The Kier molecular flexibility index (Phi) is 6.36. The molecule has 17 heavy (non-hydrogen) atoms. The summed E-state index contributed by atoms with van der Waals surface area (Å²) in [5.41, 5.74) is 4.63. The Balaban J connectivity index is 4.23. The largest absolute Gasteiger partial charge is 0.545 e. The van der Waals surface area contributed by atoms with Gasteiger partial charge >= 0.3 is 0 Å². The average Bonchev–Trinajstić information content (AvgIpc) is 2.10. The van der Waals surface area contributed by atoms with Gasteiger partial charge in [-0.1, -0.05) is 5.57 Å². The van der Waals surface area contributed by atoms with Crippen LogP contribution in [0.2, 0.25) is 0 Å². The van der Waals surface area contributed by atoms with E-state index in [0.717, 1.165) is 0 Å². The number of carboxylic acids is 1. The van der Waals surface area contributed by atoms with E-state index in [0.29, 0.717) is 12.0 Å². The minimum atomic E-state index is -3.95. The van der Waals surface area contributed by atoms with Crippen molar-refractivity contribution in [1.82, 2.24) is 0 Å². The summed E-state index contributed by atoms with van der Waals surface area (Å²) in [6.07, 6.45) is 0.941. The molecular formula is C10H19NO5S. The van der Waals surface area contributed by atoms with Gasteiger partial charge in [0.05, 0.1) is 17.8 Å². The molecule has 0 aliphatic rings. The van der Waals surface area contributed by atoms with Crippen LogP contribution in [0.4, 0.5) is 0 Å². The number of quaternary nitrogens is 1. The number of hydrogen-bond acceptors (Lipinski definition) is 4. The lowest BCUT2D eigenvalue weighted by molar-refractivity contribution is -0.421. The summed E-state index contributed by atoms with van der Waals surface area (Å²) in [6, 6.07) is -0.209. The molecule has 0 saturated carbocycles. The zero-order valence-corrected chi connectivity index (χ0v) is 10.9. The first-order valence-corrected chi connectivity index (χ1v) is 6.90. The van der Waals surface area contributed by atoms with E-state index in [9.17, 15) is 18.3 Å². The second-order valence-corrected chi connectivity index (χ2v) is 5.84. The Hall–Kier alpha value is -0.920. The fourth-order valence-electron chi connectivity index (χ4n) is 1.44. The number of rotatable bonds is 7. The summed E-state index contributed by atoms with van der Waals surface area (Å²) >= 11 is 0. The number of carbonyl (C=O) groups is 1. The molecule has 1 unspecified atom stereocenters. The van der Waals surface area contributed by atoms with E-state index in [-0.39, 0.29) is 30.2 Å². The van der Waals surface area contributed by atoms with Crippen LogP contribution in [0.15, 0.2) is 11.1 Å². The Morgan fingerprint density at radius 2 is 1.94 bits per heavy atom. The van der Waals surface area contributed by atoms with Crippen molar-refractivity contribution < 1.29 is 28.6 Å². The van der Waals surface area contributed by atoms with Crippen LogP contribution in [0.1, 0.15) is 33.1 Å². The maximum Gasteiger partial charge on any atom is 0.264 e. The van der Waals surface area contributed by atoms with Crippen LogP contribution in [0.25, 0.3) is 0 Å². The minimum absolute atomic E-state index is 0.205. The molecular weight excluding hydrogens is 246 g/mol. The fourth-order valence-corrected chi connectivity index (χ4v) is 1.97. The van der Waals surface area contributed by atoms with E-state index >= 15 is 0 Å². The third kappa shape index (κ3) is 7.89. The molecule has 0 aromatic heterocycles. The van der Waals surface area contributed by atoms with E-state index in [1.54, 1.807) is 13.8 Å². The van der Waals surface area contributed by atoms with E-state index in [2.05, 4.69) is 5.73 Å². The van der Waals surface area contributed by atoms with Gasteiger partial charge in [-0.05, 0) is 25.8 Å². The lowest BCUT2D eigenvalue weighted by Gasteiger charge is -2.14. The highest BCUT2D eigenvalue weighted by molar-refractivity contribution is 7.85. The predicted octanol–water partition coefficient (Wildman–Crippen LogP) is -1.26. The molecule has 100 valence electrons. The molecule has 0 aromatic carbocycles. The van der Waals surface area contributed by atoms with E-state index in [1.165, 1.54) is 0 Å². The van der Waals surface area contributed by atoms with Gasteiger partial charge in [-0.25, -0.2) is 0 Å². The zero-order valence-electron chi connectivity index (χ0n) is 10.1. The first-order valence-electron chi connectivity index (χ1n) is 5.29. The number of allylic oxidation sites excluding steroid dienone is 1. The van der Waals surface area contributed by atoms with Gasteiger partial charge in [0.25, 0.3) is 10.1 Å². The van der Waals surface area contributed by atoms with E-state index < -0.39 is 16.1 Å². The van der Waals surface area contributed by atoms with Crippen LogP contribution >= 0.6 is 0 Å². The number of hydrogen-bond donors (Lipinski definition) is 2. The van der Waals surface area contributed by atoms with Crippen LogP contribution in [-0.4, -0.2) is 30.7 Å². The molecule has 4 N–H and O–H groups in total. The average molecular weight is 265 g/mol. The van der Waals surface area contributed by atoms with Gasteiger partial charge < -0.3 is 15.6 Å². The zero-order chi connectivity index (χ0) is 13.6. The van der Waals surface area contributed by atoms with Crippen molar-refractivity contribution in [2.24, 2.45) is 0 Å².